The Morgan fingerprint density at radius 1 is 0.857 bits per heavy atom. The number of hydrogen-bond acceptors (Lipinski definition) is 1. The van der Waals surface area contributed by atoms with Crippen molar-refractivity contribution in [3.05, 3.63) is 0 Å². The minimum atomic E-state index is 0.936. The van der Waals surface area contributed by atoms with E-state index in [4.69, 9.17) is 0 Å². The molecule has 0 fully saturated rings. The van der Waals surface area contributed by atoms with Crippen LogP contribution in [-0.2, 0) is 0 Å². The van der Waals surface area contributed by atoms with Crippen molar-refractivity contribution in [3.63, 3.8) is 0 Å². The van der Waals surface area contributed by atoms with Gasteiger partial charge >= 0.3 is 0 Å². The summed E-state index contributed by atoms with van der Waals surface area (Å²) in [5.41, 5.74) is 0. The molecule has 0 heterocycles. The van der Waals surface area contributed by atoms with Gasteiger partial charge in [-0.2, -0.15) is 11.8 Å². The quantitative estimate of drug-likeness (QED) is 0.448. The van der Waals surface area contributed by atoms with E-state index in [0.717, 1.165) is 5.25 Å². The zero-order valence-electron chi connectivity index (χ0n) is 10.3. The number of rotatable bonds is 10. The minimum absolute atomic E-state index is 0.936. The van der Waals surface area contributed by atoms with Crippen LogP contribution in [0.1, 0.15) is 72.1 Å². The lowest BCUT2D eigenvalue weighted by molar-refractivity contribution is 0.578. The van der Waals surface area contributed by atoms with Gasteiger partial charge in [0, 0.05) is 5.25 Å². The highest BCUT2D eigenvalue weighted by molar-refractivity contribution is 7.99. The number of unbranched alkanes of at least 4 members (excludes halogenated alkanes) is 5. The van der Waals surface area contributed by atoms with Crippen molar-refractivity contribution in [2.24, 2.45) is 0 Å². The van der Waals surface area contributed by atoms with Gasteiger partial charge in [-0.05, 0) is 18.6 Å². The molecular weight excluding hydrogens is 188 g/mol. The summed E-state index contributed by atoms with van der Waals surface area (Å²) < 4.78 is 0. The van der Waals surface area contributed by atoms with Crippen LogP contribution in [0, 0.1) is 0 Å². The van der Waals surface area contributed by atoms with E-state index in [2.05, 4.69) is 32.5 Å². The molecule has 0 N–H and O–H groups in total. The van der Waals surface area contributed by atoms with Crippen molar-refractivity contribution in [2.75, 3.05) is 5.75 Å². The molecule has 0 aromatic heterocycles. The number of thioether (sulfide) groups is 1. The molecule has 14 heavy (non-hydrogen) atoms. The highest BCUT2D eigenvalue weighted by Crippen LogP contribution is 2.20. The minimum Gasteiger partial charge on any atom is -0.159 e. The van der Waals surface area contributed by atoms with Crippen LogP contribution >= 0.6 is 11.8 Å². The molecule has 0 aliphatic carbocycles. The largest absolute Gasteiger partial charge is 0.159 e. The molecule has 1 heteroatoms. The maximum atomic E-state index is 2.32. The van der Waals surface area contributed by atoms with Crippen LogP contribution in [0.3, 0.4) is 0 Å². The molecule has 0 aromatic rings. The van der Waals surface area contributed by atoms with Gasteiger partial charge in [0.15, 0.2) is 0 Å². The molecule has 0 aliphatic heterocycles. The third kappa shape index (κ3) is 8.93. The van der Waals surface area contributed by atoms with Crippen LogP contribution in [-0.4, -0.2) is 11.0 Å². The Balaban J connectivity index is 3.15. The highest BCUT2D eigenvalue weighted by Gasteiger charge is 2.04. The van der Waals surface area contributed by atoms with Gasteiger partial charge in [0.25, 0.3) is 0 Å². The molecule has 0 bridgehead atoms. The zero-order chi connectivity index (χ0) is 10.6. The second-order valence-electron chi connectivity index (χ2n) is 4.04. The van der Waals surface area contributed by atoms with Crippen LogP contribution in [0.15, 0.2) is 0 Å². The monoisotopic (exact) mass is 216 g/mol. The molecule has 0 aliphatic rings. The normalized spacial score (nSPS) is 13.1. The first-order valence-corrected chi connectivity index (χ1v) is 7.51. The zero-order valence-corrected chi connectivity index (χ0v) is 11.2. The maximum Gasteiger partial charge on any atom is 0.00443 e. The lowest BCUT2D eigenvalue weighted by atomic mass is 10.1. The van der Waals surface area contributed by atoms with E-state index in [1.165, 1.54) is 57.1 Å². The molecule has 0 aromatic carbocycles. The molecule has 1 atom stereocenters. The van der Waals surface area contributed by atoms with E-state index in [0.29, 0.717) is 0 Å². The van der Waals surface area contributed by atoms with E-state index >= 15 is 0 Å². The average Bonchev–Trinajstić information content (AvgIpc) is 2.21. The third-order valence-electron chi connectivity index (χ3n) is 2.74. The van der Waals surface area contributed by atoms with E-state index in [-0.39, 0.29) is 0 Å². The number of hydrogen-bond donors (Lipinski definition) is 0. The van der Waals surface area contributed by atoms with Crippen molar-refractivity contribution in [1.82, 2.24) is 0 Å². The van der Waals surface area contributed by atoms with E-state index < -0.39 is 0 Å². The van der Waals surface area contributed by atoms with Crippen LogP contribution in [0.4, 0.5) is 0 Å². The van der Waals surface area contributed by atoms with Gasteiger partial charge in [0.1, 0.15) is 0 Å². The fourth-order valence-corrected chi connectivity index (χ4v) is 2.83. The Morgan fingerprint density at radius 2 is 1.50 bits per heavy atom. The average molecular weight is 216 g/mol. The maximum absolute atomic E-state index is 2.32. The fraction of sp³-hybridized carbons (Fsp3) is 1.00. The summed E-state index contributed by atoms with van der Waals surface area (Å²) in [5, 5.41) is 0.936. The Labute approximate surface area is 95.2 Å². The predicted molar refractivity (Wildman–Crippen MR) is 70.2 cm³/mol. The molecule has 1 unspecified atom stereocenters. The Morgan fingerprint density at radius 3 is 2.07 bits per heavy atom. The molecule has 0 spiro atoms. The van der Waals surface area contributed by atoms with Crippen molar-refractivity contribution in [3.8, 4) is 0 Å². The van der Waals surface area contributed by atoms with Gasteiger partial charge in [-0.25, -0.2) is 0 Å². The van der Waals surface area contributed by atoms with Gasteiger partial charge < -0.3 is 0 Å². The van der Waals surface area contributed by atoms with E-state index in [1.54, 1.807) is 0 Å². The first-order valence-electron chi connectivity index (χ1n) is 6.46. The molecule has 0 radical (unpaired) electrons. The van der Waals surface area contributed by atoms with E-state index in [1.807, 2.05) is 0 Å². The van der Waals surface area contributed by atoms with Crippen LogP contribution in [0.25, 0.3) is 0 Å². The summed E-state index contributed by atoms with van der Waals surface area (Å²) in [6.07, 6.45) is 11.4. The van der Waals surface area contributed by atoms with Crippen molar-refractivity contribution >= 4 is 11.8 Å². The first kappa shape index (κ1) is 14.3. The van der Waals surface area contributed by atoms with Gasteiger partial charge in [-0.3, -0.25) is 0 Å². The van der Waals surface area contributed by atoms with E-state index in [9.17, 15) is 0 Å². The topological polar surface area (TPSA) is 0 Å². The molecule has 0 saturated carbocycles. The summed E-state index contributed by atoms with van der Waals surface area (Å²) in [7, 11) is 0. The summed E-state index contributed by atoms with van der Waals surface area (Å²) in [6, 6.07) is 0. The highest BCUT2D eigenvalue weighted by atomic mass is 32.2. The van der Waals surface area contributed by atoms with Crippen molar-refractivity contribution in [1.29, 1.82) is 0 Å². The molecule has 0 saturated heterocycles. The fourth-order valence-electron chi connectivity index (χ4n) is 1.79. The summed E-state index contributed by atoms with van der Waals surface area (Å²) in [6.45, 7) is 6.88. The molecule has 0 nitrogen and oxygen atoms in total. The van der Waals surface area contributed by atoms with Gasteiger partial charge in [0.05, 0.1) is 0 Å². The molecule has 0 amide bonds. The van der Waals surface area contributed by atoms with Crippen LogP contribution in [0.2, 0.25) is 0 Å². The molecule has 0 rings (SSSR count). The summed E-state index contributed by atoms with van der Waals surface area (Å²) >= 11 is 2.14. The van der Waals surface area contributed by atoms with Gasteiger partial charge in [0.2, 0.25) is 0 Å². The third-order valence-corrected chi connectivity index (χ3v) is 4.11. The first-order chi connectivity index (χ1) is 6.85. The Kier molecular flexibility index (Phi) is 11.7. The van der Waals surface area contributed by atoms with Gasteiger partial charge in [-0.1, -0.05) is 59.3 Å². The van der Waals surface area contributed by atoms with Crippen LogP contribution < -0.4 is 0 Å². The van der Waals surface area contributed by atoms with Crippen LogP contribution in [0.5, 0.6) is 0 Å². The molecule has 86 valence electrons. The lowest BCUT2D eigenvalue weighted by Crippen LogP contribution is -2.00. The standard InChI is InChI=1S/C13H28S/c1-4-7-8-9-10-11-12-13(5-2)14-6-3/h13H,4-12H2,1-3H3. The second-order valence-corrected chi connectivity index (χ2v) is 5.62. The predicted octanol–water partition coefficient (Wildman–Crippen LogP) is 5.27. The van der Waals surface area contributed by atoms with Crippen molar-refractivity contribution < 1.29 is 0 Å². The lowest BCUT2D eigenvalue weighted by Gasteiger charge is -2.12. The smallest absolute Gasteiger partial charge is 0.00443 e. The Bertz CT molecular complexity index is 101. The SMILES string of the molecule is CCCCCCCCC(CC)SCC. The Hall–Kier alpha value is 0.350. The van der Waals surface area contributed by atoms with Crippen molar-refractivity contribution in [2.45, 2.75) is 77.4 Å². The summed E-state index contributed by atoms with van der Waals surface area (Å²) in [4.78, 5) is 0. The van der Waals surface area contributed by atoms with Gasteiger partial charge in [-0.15, -0.1) is 0 Å². The second kappa shape index (κ2) is 11.4. The molecular formula is C13H28S. The summed E-state index contributed by atoms with van der Waals surface area (Å²) in [5.74, 6) is 1.29.